The topological polar surface area (TPSA) is 87.7 Å². The van der Waals surface area contributed by atoms with Crippen LogP contribution in [0.1, 0.15) is 19.3 Å². The molecule has 0 heterocycles. The van der Waals surface area contributed by atoms with Gasteiger partial charge in [-0.05, 0) is 42.9 Å². The van der Waals surface area contributed by atoms with Crippen LogP contribution < -0.4 is 11.1 Å². The molecule has 3 aliphatic carbocycles. The molecule has 5 heteroatoms. The highest BCUT2D eigenvalue weighted by atomic mass is 16.4. The number of oxime groups is 1. The third kappa shape index (κ3) is 1.30. The zero-order valence-corrected chi connectivity index (χ0v) is 9.10. The van der Waals surface area contributed by atoms with Crippen molar-refractivity contribution in [3.8, 4) is 0 Å². The van der Waals surface area contributed by atoms with Crippen LogP contribution in [0, 0.1) is 29.6 Å². The summed E-state index contributed by atoms with van der Waals surface area (Å²) in [7, 11) is 0. The first-order valence-corrected chi connectivity index (χ1v) is 5.96. The summed E-state index contributed by atoms with van der Waals surface area (Å²) in [6, 6.07) is 0. The Morgan fingerprint density at radius 1 is 1.38 bits per heavy atom. The fourth-order valence-corrected chi connectivity index (χ4v) is 4.01. The van der Waals surface area contributed by atoms with Crippen LogP contribution in [0.4, 0.5) is 0 Å². The minimum Gasteiger partial charge on any atom is -0.409 e. The minimum absolute atomic E-state index is 0.0575. The van der Waals surface area contributed by atoms with Gasteiger partial charge < -0.3 is 16.3 Å². The van der Waals surface area contributed by atoms with Crippen LogP contribution in [0.2, 0.25) is 0 Å². The van der Waals surface area contributed by atoms with Crippen molar-refractivity contribution in [2.75, 3.05) is 6.54 Å². The molecule has 1 amide bonds. The van der Waals surface area contributed by atoms with Gasteiger partial charge in [-0.25, -0.2) is 0 Å². The lowest BCUT2D eigenvalue weighted by molar-refractivity contribution is -0.123. The Balaban J connectivity index is 1.55. The summed E-state index contributed by atoms with van der Waals surface area (Å²) < 4.78 is 0. The van der Waals surface area contributed by atoms with Gasteiger partial charge in [0.15, 0.2) is 5.84 Å². The lowest BCUT2D eigenvalue weighted by atomic mass is 10.0. The number of hydrogen-bond acceptors (Lipinski definition) is 3. The molecule has 3 saturated carbocycles. The summed E-state index contributed by atoms with van der Waals surface area (Å²) in [5, 5.41) is 13.9. The molecule has 0 aromatic rings. The Kier molecular flexibility index (Phi) is 2.09. The number of amidine groups is 1. The van der Waals surface area contributed by atoms with Crippen molar-refractivity contribution >= 4 is 11.7 Å². The molecule has 0 spiro atoms. The van der Waals surface area contributed by atoms with Crippen molar-refractivity contribution in [1.29, 1.82) is 0 Å². The van der Waals surface area contributed by atoms with Gasteiger partial charge >= 0.3 is 0 Å². The molecule has 16 heavy (non-hydrogen) atoms. The first-order valence-electron chi connectivity index (χ1n) is 5.96. The van der Waals surface area contributed by atoms with Gasteiger partial charge in [0.05, 0.1) is 6.54 Å². The zero-order chi connectivity index (χ0) is 11.3. The monoisotopic (exact) mass is 223 g/mol. The Hall–Kier alpha value is -1.26. The lowest BCUT2D eigenvalue weighted by Crippen LogP contribution is -2.35. The molecule has 4 atom stereocenters. The van der Waals surface area contributed by atoms with E-state index in [2.05, 4.69) is 10.5 Å². The van der Waals surface area contributed by atoms with Crippen LogP contribution in [0.3, 0.4) is 0 Å². The number of rotatable bonds is 3. The molecule has 5 nitrogen and oxygen atoms in total. The molecule has 0 aliphatic heterocycles. The first-order chi connectivity index (χ1) is 7.72. The molecule has 0 radical (unpaired) electrons. The third-order valence-corrected chi connectivity index (χ3v) is 4.61. The predicted octanol–water partition coefficient (Wildman–Crippen LogP) is 0.141. The summed E-state index contributed by atoms with van der Waals surface area (Å²) in [5.41, 5.74) is 5.31. The number of nitrogens with zero attached hydrogens (tertiary/aromatic N) is 1. The molecule has 4 N–H and O–H groups in total. The van der Waals surface area contributed by atoms with E-state index in [0.29, 0.717) is 11.8 Å². The molecule has 3 fully saturated rings. The second-order valence-electron chi connectivity index (χ2n) is 5.32. The number of amides is 1. The molecule has 3 rings (SSSR count). The van der Waals surface area contributed by atoms with E-state index in [1.807, 2.05) is 0 Å². The van der Waals surface area contributed by atoms with E-state index in [1.165, 1.54) is 19.3 Å². The van der Waals surface area contributed by atoms with Crippen LogP contribution in [0.15, 0.2) is 5.16 Å². The molecule has 4 unspecified atom stereocenters. The van der Waals surface area contributed by atoms with Crippen LogP contribution >= 0.6 is 0 Å². The fourth-order valence-electron chi connectivity index (χ4n) is 4.01. The lowest BCUT2D eigenvalue weighted by Gasteiger charge is -2.08. The van der Waals surface area contributed by atoms with Gasteiger partial charge in [-0.3, -0.25) is 4.79 Å². The third-order valence-electron chi connectivity index (χ3n) is 4.61. The van der Waals surface area contributed by atoms with E-state index < -0.39 is 0 Å². The molecular formula is C11H17N3O2. The maximum Gasteiger partial charge on any atom is 0.224 e. The Bertz CT molecular complexity index is 339. The summed E-state index contributed by atoms with van der Waals surface area (Å²) in [6.07, 6.45) is 3.98. The molecular weight excluding hydrogens is 206 g/mol. The molecule has 0 saturated heterocycles. The van der Waals surface area contributed by atoms with E-state index >= 15 is 0 Å². The van der Waals surface area contributed by atoms with Crippen LogP contribution in [0.25, 0.3) is 0 Å². The van der Waals surface area contributed by atoms with Crippen molar-refractivity contribution < 1.29 is 10.0 Å². The van der Waals surface area contributed by atoms with E-state index in [0.717, 1.165) is 11.8 Å². The minimum atomic E-state index is 0.0575. The van der Waals surface area contributed by atoms with Crippen molar-refractivity contribution in [2.24, 2.45) is 40.5 Å². The van der Waals surface area contributed by atoms with Gasteiger partial charge in [0.25, 0.3) is 0 Å². The van der Waals surface area contributed by atoms with Crippen molar-refractivity contribution in [1.82, 2.24) is 5.32 Å². The number of nitrogens with two attached hydrogens (primary N) is 1. The second kappa shape index (κ2) is 3.37. The van der Waals surface area contributed by atoms with Crippen molar-refractivity contribution in [2.45, 2.75) is 19.3 Å². The second-order valence-corrected chi connectivity index (χ2v) is 5.32. The Morgan fingerprint density at radius 3 is 2.56 bits per heavy atom. The van der Waals surface area contributed by atoms with Crippen molar-refractivity contribution in [3.63, 3.8) is 0 Å². The number of carbonyl (C=O) groups is 1. The number of carbonyl (C=O) groups excluding carboxylic acids is 1. The Morgan fingerprint density at radius 2 is 2.00 bits per heavy atom. The quantitative estimate of drug-likeness (QED) is 0.275. The first kappa shape index (κ1) is 9.93. The highest BCUT2D eigenvalue weighted by Crippen LogP contribution is 2.69. The maximum atomic E-state index is 11.9. The highest BCUT2D eigenvalue weighted by Gasteiger charge is 2.67. The van der Waals surface area contributed by atoms with E-state index in [-0.39, 0.29) is 24.2 Å². The maximum absolute atomic E-state index is 11.9. The Labute approximate surface area is 94.1 Å². The van der Waals surface area contributed by atoms with E-state index in [1.54, 1.807) is 0 Å². The van der Waals surface area contributed by atoms with E-state index in [9.17, 15) is 4.79 Å². The van der Waals surface area contributed by atoms with Gasteiger partial charge in [0.2, 0.25) is 5.91 Å². The molecule has 0 aromatic heterocycles. The molecule has 88 valence electrons. The van der Waals surface area contributed by atoms with Gasteiger partial charge in [-0.2, -0.15) is 0 Å². The molecule has 0 aromatic carbocycles. The smallest absolute Gasteiger partial charge is 0.224 e. The predicted molar refractivity (Wildman–Crippen MR) is 57.7 cm³/mol. The number of hydrogen-bond donors (Lipinski definition) is 3. The summed E-state index contributed by atoms with van der Waals surface area (Å²) in [4.78, 5) is 11.9. The number of fused-ring (bicyclic) bond motifs is 5. The number of nitrogens with one attached hydrogen (secondary N) is 1. The standard InChI is InChI=1S/C11H17N3O2/c12-7(14-16)4-13-11(15)10-8-5-1-2-6(3-5)9(8)10/h5-6,8-10,16H,1-4H2,(H2,12,14)(H,13,15). The zero-order valence-electron chi connectivity index (χ0n) is 9.10. The highest BCUT2D eigenvalue weighted by molar-refractivity contribution is 5.89. The fraction of sp³-hybridized carbons (Fsp3) is 0.818. The SMILES string of the molecule is NC(CNC(=O)C1C2C3CCC(C3)C12)=NO. The normalized spacial score (nSPS) is 44.2. The molecule has 3 aliphatic rings. The molecule has 2 bridgehead atoms. The summed E-state index contributed by atoms with van der Waals surface area (Å²) in [6.45, 7) is 0.153. The van der Waals surface area contributed by atoms with Crippen LogP contribution in [-0.2, 0) is 4.79 Å². The van der Waals surface area contributed by atoms with E-state index in [4.69, 9.17) is 10.9 Å². The largest absolute Gasteiger partial charge is 0.409 e. The van der Waals surface area contributed by atoms with Crippen LogP contribution in [-0.4, -0.2) is 23.5 Å². The average molecular weight is 223 g/mol. The van der Waals surface area contributed by atoms with Gasteiger partial charge in [0, 0.05) is 5.92 Å². The van der Waals surface area contributed by atoms with Crippen molar-refractivity contribution in [3.05, 3.63) is 0 Å². The average Bonchev–Trinajstić information content (AvgIpc) is 2.74. The summed E-state index contributed by atoms with van der Waals surface area (Å²) in [5.74, 6) is 3.26. The van der Waals surface area contributed by atoms with Gasteiger partial charge in [-0.1, -0.05) is 5.16 Å². The van der Waals surface area contributed by atoms with Crippen LogP contribution in [0.5, 0.6) is 0 Å². The summed E-state index contributed by atoms with van der Waals surface area (Å²) >= 11 is 0. The van der Waals surface area contributed by atoms with Gasteiger partial charge in [0.1, 0.15) is 0 Å². The van der Waals surface area contributed by atoms with Gasteiger partial charge in [-0.15, -0.1) is 0 Å².